The second kappa shape index (κ2) is 3.46. The fourth-order valence-corrected chi connectivity index (χ4v) is 2.44. The molecule has 4 nitrogen and oxygen atoms in total. The summed E-state index contributed by atoms with van der Waals surface area (Å²) in [5.74, 6) is -4.72. The van der Waals surface area contributed by atoms with E-state index in [0.717, 1.165) is 11.3 Å². The fourth-order valence-electron chi connectivity index (χ4n) is 1.61. The zero-order valence-corrected chi connectivity index (χ0v) is 9.18. The first-order chi connectivity index (χ1) is 7.44. The van der Waals surface area contributed by atoms with E-state index in [2.05, 4.69) is 4.98 Å². The Morgan fingerprint density at radius 2 is 2.38 bits per heavy atom. The predicted octanol–water partition coefficient (Wildman–Crippen LogP) is 1.65. The standard InChI is InChI=1S/C9H9F2NO3S/c1-15-2-6-12-5(3-16-6)8(7(13)14)4-9(8,10)11/h3H,2,4H2,1H3,(H,13,14). The van der Waals surface area contributed by atoms with E-state index in [1.807, 2.05) is 0 Å². The summed E-state index contributed by atoms with van der Waals surface area (Å²) in [6, 6.07) is 0. The predicted molar refractivity (Wildman–Crippen MR) is 51.7 cm³/mol. The van der Waals surface area contributed by atoms with E-state index in [0.29, 0.717) is 5.01 Å². The molecule has 0 aromatic carbocycles. The Bertz CT molecular complexity index is 434. The number of aromatic nitrogens is 1. The number of carboxylic acid groups (broad SMARTS) is 1. The molecule has 1 unspecified atom stereocenters. The summed E-state index contributed by atoms with van der Waals surface area (Å²) in [5, 5.41) is 10.8. The lowest BCUT2D eigenvalue weighted by molar-refractivity contribution is -0.143. The Morgan fingerprint density at radius 1 is 1.75 bits per heavy atom. The second-order valence-corrected chi connectivity index (χ2v) is 4.59. The lowest BCUT2D eigenvalue weighted by atomic mass is 10.0. The van der Waals surface area contributed by atoms with Crippen molar-refractivity contribution in [3.63, 3.8) is 0 Å². The van der Waals surface area contributed by atoms with E-state index in [9.17, 15) is 13.6 Å². The Hall–Kier alpha value is -1.08. The minimum Gasteiger partial charge on any atom is -0.480 e. The normalized spacial score (nSPS) is 26.7. The van der Waals surface area contributed by atoms with Crippen LogP contribution in [0.3, 0.4) is 0 Å². The molecule has 1 heterocycles. The highest BCUT2D eigenvalue weighted by atomic mass is 32.1. The lowest BCUT2D eigenvalue weighted by Crippen LogP contribution is -2.27. The van der Waals surface area contributed by atoms with Gasteiger partial charge in [-0.2, -0.15) is 0 Å². The van der Waals surface area contributed by atoms with Gasteiger partial charge in [0.2, 0.25) is 0 Å². The van der Waals surface area contributed by atoms with E-state index in [4.69, 9.17) is 9.84 Å². The summed E-state index contributed by atoms with van der Waals surface area (Å²) in [6.07, 6.45) is -0.675. The van der Waals surface area contributed by atoms with Crippen molar-refractivity contribution in [1.29, 1.82) is 0 Å². The average molecular weight is 249 g/mol. The number of carbonyl (C=O) groups is 1. The van der Waals surface area contributed by atoms with Crippen molar-refractivity contribution in [2.45, 2.75) is 24.4 Å². The van der Waals surface area contributed by atoms with Gasteiger partial charge in [-0.3, -0.25) is 4.79 Å². The van der Waals surface area contributed by atoms with E-state index in [1.54, 1.807) is 0 Å². The minimum absolute atomic E-state index is 0.0675. The van der Waals surface area contributed by atoms with Crippen molar-refractivity contribution in [3.8, 4) is 0 Å². The Morgan fingerprint density at radius 3 is 2.81 bits per heavy atom. The van der Waals surface area contributed by atoms with Gasteiger partial charge >= 0.3 is 5.97 Å². The van der Waals surface area contributed by atoms with Gasteiger partial charge in [-0.25, -0.2) is 13.8 Å². The highest BCUT2D eigenvalue weighted by Gasteiger charge is 2.78. The van der Waals surface area contributed by atoms with E-state index >= 15 is 0 Å². The third-order valence-electron chi connectivity index (χ3n) is 2.61. The van der Waals surface area contributed by atoms with Crippen LogP contribution in [0, 0.1) is 0 Å². The average Bonchev–Trinajstić information content (AvgIpc) is 2.59. The van der Waals surface area contributed by atoms with Crippen molar-refractivity contribution >= 4 is 17.3 Å². The van der Waals surface area contributed by atoms with Crippen LogP contribution in [0.1, 0.15) is 17.1 Å². The first-order valence-electron chi connectivity index (χ1n) is 4.49. The summed E-state index contributed by atoms with van der Waals surface area (Å²) < 4.78 is 31.1. The first kappa shape index (κ1) is 11.4. The first-order valence-corrected chi connectivity index (χ1v) is 5.37. The van der Waals surface area contributed by atoms with Crippen LogP contribution in [0.25, 0.3) is 0 Å². The van der Waals surface area contributed by atoms with Crippen LogP contribution in [0.4, 0.5) is 8.78 Å². The van der Waals surface area contributed by atoms with Gasteiger partial charge in [0.15, 0.2) is 5.41 Å². The highest BCUT2D eigenvalue weighted by molar-refractivity contribution is 7.09. The molecule has 88 valence electrons. The largest absolute Gasteiger partial charge is 0.480 e. The lowest BCUT2D eigenvalue weighted by Gasteiger charge is -2.07. The number of carboxylic acids is 1. The number of thiazole rings is 1. The van der Waals surface area contributed by atoms with Gasteiger partial charge in [-0.1, -0.05) is 0 Å². The molecule has 1 aliphatic carbocycles. The molecule has 0 amide bonds. The zero-order valence-electron chi connectivity index (χ0n) is 8.37. The number of ether oxygens (including phenoxy) is 1. The summed E-state index contributed by atoms with van der Waals surface area (Å²) in [4.78, 5) is 14.8. The number of alkyl halides is 2. The zero-order chi connectivity index (χ0) is 12.0. The minimum atomic E-state index is -3.20. The molecule has 1 atom stereocenters. The molecular formula is C9H9F2NO3S. The molecule has 2 rings (SSSR count). The molecular weight excluding hydrogens is 240 g/mol. The monoisotopic (exact) mass is 249 g/mol. The molecule has 1 N–H and O–H groups in total. The second-order valence-electron chi connectivity index (χ2n) is 3.65. The van der Waals surface area contributed by atoms with Crippen molar-refractivity contribution in [1.82, 2.24) is 4.98 Å². The topological polar surface area (TPSA) is 59.4 Å². The van der Waals surface area contributed by atoms with Gasteiger partial charge in [0.25, 0.3) is 5.92 Å². The number of methoxy groups -OCH3 is 1. The van der Waals surface area contributed by atoms with Gasteiger partial charge < -0.3 is 9.84 Å². The number of halogens is 2. The summed E-state index contributed by atoms with van der Waals surface area (Å²) in [7, 11) is 1.46. The summed E-state index contributed by atoms with van der Waals surface area (Å²) in [5.41, 5.74) is -2.18. The molecule has 1 aliphatic rings. The van der Waals surface area contributed by atoms with Crippen molar-refractivity contribution in [3.05, 3.63) is 16.1 Å². The molecule has 0 bridgehead atoms. The van der Waals surface area contributed by atoms with Gasteiger partial charge in [0.1, 0.15) is 5.01 Å². The summed E-state index contributed by atoms with van der Waals surface area (Å²) in [6.45, 7) is 0.200. The fraction of sp³-hybridized carbons (Fsp3) is 0.556. The molecule has 1 fully saturated rings. The van der Waals surface area contributed by atoms with Gasteiger partial charge in [-0.15, -0.1) is 11.3 Å². The van der Waals surface area contributed by atoms with Gasteiger partial charge in [-0.05, 0) is 0 Å². The van der Waals surface area contributed by atoms with E-state index in [-0.39, 0.29) is 12.3 Å². The molecule has 0 aliphatic heterocycles. The quantitative estimate of drug-likeness (QED) is 0.881. The van der Waals surface area contributed by atoms with Crippen LogP contribution in [0.15, 0.2) is 5.38 Å². The van der Waals surface area contributed by atoms with Crippen LogP contribution >= 0.6 is 11.3 Å². The highest BCUT2D eigenvalue weighted by Crippen LogP contribution is 2.61. The maximum Gasteiger partial charge on any atom is 0.322 e. The number of hydrogen-bond acceptors (Lipinski definition) is 4. The number of nitrogens with zero attached hydrogens (tertiary/aromatic N) is 1. The summed E-state index contributed by atoms with van der Waals surface area (Å²) >= 11 is 1.13. The molecule has 0 spiro atoms. The smallest absolute Gasteiger partial charge is 0.322 e. The van der Waals surface area contributed by atoms with Crippen LogP contribution in [-0.2, 0) is 21.6 Å². The van der Waals surface area contributed by atoms with Crippen LogP contribution in [0.5, 0.6) is 0 Å². The van der Waals surface area contributed by atoms with Gasteiger partial charge in [0, 0.05) is 18.9 Å². The van der Waals surface area contributed by atoms with E-state index in [1.165, 1.54) is 12.5 Å². The Labute approximate surface area is 93.9 Å². The molecule has 0 saturated heterocycles. The molecule has 1 saturated carbocycles. The van der Waals surface area contributed by atoms with Crippen LogP contribution < -0.4 is 0 Å². The van der Waals surface area contributed by atoms with Crippen LogP contribution in [0.2, 0.25) is 0 Å². The van der Waals surface area contributed by atoms with Crippen molar-refractivity contribution < 1.29 is 23.4 Å². The van der Waals surface area contributed by atoms with Gasteiger partial charge in [0.05, 0.1) is 12.3 Å². The molecule has 16 heavy (non-hydrogen) atoms. The van der Waals surface area contributed by atoms with Crippen molar-refractivity contribution in [2.75, 3.05) is 7.11 Å². The SMILES string of the molecule is COCc1nc(C2(C(=O)O)CC2(F)F)cs1. The van der Waals surface area contributed by atoms with E-state index < -0.39 is 23.7 Å². The molecule has 0 radical (unpaired) electrons. The van der Waals surface area contributed by atoms with Crippen LogP contribution in [-0.4, -0.2) is 29.1 Å². The number of hydrogen-bond donors (Lipinski definition) is 1. The maximum atomic E-state index is 13.1. The van der Waals surface area contributed by atoms with Crippen molar-refractivity contribution in [2.24, 2.45) is 0 Å². The molecule has 1 aromatic rings. The number of rotatable bonds is 4. The third-order valence-corrected chi connectivity index (χ3v) is 3.43. The molecule has 7 heteroatoms. The maximum absolute atomic E-state index is 13.1. The Kier molecular flexibility index (Phi) is 2.47. The number of aliphatic carboxylic acids is 1. The molecule has 1 aromatic heterocycles. The third kappa shape index (κ3) is 1.42. The Balaban J connectivity index is 2.32.